The topological polar surface area (TPSA) is 151 Å². The van der Waals surface area contributed by atoms with E-state index in [1.807, 2.05) is 0 Å². The number of carbonyl (C=O) groups is 3. The Bertz CT molecular complexity index is 1120. The third-order valence-corrected chi connectivity index (χ3v) is 7.25. The summed E-state index contributed by atoms with van der Waals surface area (Å²) in [4.78, 5) is 37.3. The van der Waals surface area contributed by atoms with Crippen LogP contribution in [-0.2, 0) is 19.6 Å². The van der Waals surface area contributed by atoms with Crippen LogP contribution in [0.4, 0.5) is 10.5 Å². The van der Waals surface area contributed by atoms with Crippen molar-refractivity contribution in [1.82, 2.24) is 19.7 Å². The first-order valence-corrected chi connectivity index (χ1v) is 11.5. The summed E-state index contributed by atoms with van der Waals surface area (Å²) < 4.78 is 36.5. The second kappa shape index (κ2) is 10.0. The summed E-state index contributed by atoms with van der Waals surface area (Å²) in [5.74, 6) is -0.782. The highest BCUT2D eigenvalue weighted by molar-refractivity contribution is 7.89. The molecule has 13 heteroatoms. The molecule has 1 aliphatic rings. The Morgan fingerprint density at radius 3 is 2.27 bits per heavy atom. The molecule has 3 amide bonds. The van der Waals surface area contributed by atoms with E-state index in [9.17, 15) is 22.8 Å². The van der Waals surface area contributed by atoms with Crippen LogP contribution < -0.4 is 10.6 Å². The van der Waals surface area contributed by atoms with Crippen LogP contribution >= 0.6 is 0 Å². The SMILES string of the molecule is COC(=O)CNC(=O)c1ccc(NC(=O)N2CCN(S(=O)(=O)c3c(C)noc3C)CC2)cc1. The summed E-state index contributed by atoms with van der Waals surface area (Å²) in [7, 11) is -2.54. The number of esters is 1. The van der Waals surface area contributed by atoms with Gasteiger partial charge < -0.3 is 24.8 Å². The first kappa shape index (κ1) is 24.2. The third kappa shape index (κ3) is 5.49. The van der Waals surface area contributed by atoms with Gasteiger partial charge in [-0.05, 0) is 38.1 Å². The summed E-state index contributed by atoms with van der Waals surface area (Å²) in [5.41, 5.74) is 1.08. The number of aromatic nitrogens is 1. The van der Waals surface area contributed by atoms with Crippen LogP contribution in [0.25, 0.3) is 0 Å². The maximum Gasteiger partial charge on any atom is 0.325 e. The minimum Gasteiger partial charge on any atom is -0.468 e. The highest BCUT2D eigenvalue weighted by Gasteiger charge is 2.34. The molecule has 0 unspecified atom stereocenters. The van der Waals surface area contributed by atoms with E-state index in [2.05, 4.69) is 20.5 Å². The lowest BCUT2D eigenvalue weighted by Gasteiger charge is -2.33. The largest absolute Gasteiger partial charge is 0.468 e. The number of benzene rings is 1. The molecule has 2 heterocycles. The number of carbonyl (C=O) groups excluding carboxylic acids is 3. The molecule has 1 aromatic heterocycles. The van der Waals surface area contributed by atoms with E-state index in [-0.39, 0.29) is 49.4 Å². The number of rotatable bonds is 6. The molecule has 0 saturated carbocycles. The van der Waals surface area contributed by atoms with E-state index in [4.69, 9.17) is 4.52 Å². The van der Waals surface area contributed by atoms with Gasteiger partial charge in [0, 0.05) is 37.4 Å². The molecule has 1 saturated heterocycles. The zero-order chi connectivity index (χ0) is 24.2. The predicted molar refractivity (Wildman–Crippen MR) is 116 cm³/mol. The Morgan fingerprint density at radius 2 is 1.73 bits per heavy atom. The number of amides is 3. The number of ether oxygens (including phenoxy) is 1. The lowest BCUT2D eigenvalue weighted by atomic mass is 10.2. The zero-order valence-electron chi connectivity index (χ0n) is 18.5. The molecule has 0 atom stereocenters. The lowest BCUT2D eigenvalue weighted by molar-refractivity contribution is -0.139. The minimum absolute atomic E-state index is 0.0658. The number of urea groups is 1. The van der Waals surface area contributed by atoms with Crippen molar-refractivity contribution in [2.75, 3.05) is 45.2 Å². The van der Waals surface area contributed by atoms with Crippen LogP contribution in [0.1, 0.15) is 21.8 Å². The Balaban J connectivity index is 1.54. The van der Waals surface area contributed by atoms with E-state index in [0.717, 1.165) is 0 Å². The van der Waals surface area contributed by atoms with Crippen molar-refractivity contribution in [3.05, 3.63) is 41.3 Å². The molecule has 178 valence electrons. The van der Waals surface area contributed by atoms with Crippen LogP contribution in [0.2, 0.25) is 0 Å². The first-order chi connectivity index (χ1) is 15.6. The highest BCUT2D eigenvalue weighted by atomic mass is 32.2. The lowest BCUT2D eigenvalue weighted by Crippen LogP contribution is -2.51. The maximum atomic E-state index is 12.9. The number of hydrogen-bond donors (Lipinski definition) is 2. The number of aryl methyl sites for hydroxylation is 2. The van der Waals surface area contributed by atoms with Gasteiger partial charge in [0.1, 0.15) is 17.1 Å². The van der Waals surface area contributed by atoms with Crippen molar-refractivity contribution in [3.63, 3.8) is 0 Å². The van der Waals surface area contributed by atoms with Crippen LogP contribution in [-0.4, -0.2) is 80.5 Å². The smallest absolute Gasteiger partial charge is 0.325 e. The molecule has 0 radical (unpaired) electrons. The molecular weight excluding hydrogens is 454 g/mol. The van der Waals surface area contributed by atoms with Gasteiger partial charge in [0.25, 0.3) is 5.91 Å². The molecule has 0 aliphatic carbocycles. The molecular formula is C20H25N5O7S. The van der Waals surface area contributed by atoms with Crippen molar-refractivity contribution in [3.8, 4) is 0 Å². The Morgan fingerprint density at radius 1 is 1.09 bits per heavy atom. The number of methoxy groups -OCH3 is 1. The van der Waals surface area contributed by atoms with Gasteiger partial charge in [-0.3, -0.25) is 9.59 Å². The van der Waals surface area contributed by atoms with Gasteiger partial charge in [-0.1, -0.05) is 5.16 Å². The van der Waals surface area contributed by atoms with E-state index in [0.29, 0.717) is 16.9 Å². The fourth-order valence-corrected chi connectivity index (χ4v) is 5.05. The predicted octanol–water partition coefficient (Wildman–Crippen LogP) is 0.733. The van der Waals surface area contributed by atoms with Gasteiger partial charge in [0.05, 0.1) is 7.11 Å². The van der Waals surface area contributed by atoms with Gasteiger partial charge in [0.2, 0.25) is 10.0 Å². The van der Waals surface area contributed by atoms with Crippen molar-refractivity contribution < 1.29 is 32.1 Å². The van der Waals surface area contributed by atoms with Crippen molar-refractivity contribution in [2.45, 2.75) is 18.7 Å². The number of sulfonamides is 1. The summed E-state index contributed by atoms with van der Waals surface area (Å²) in [6.45, 7) is 3.57. The summed E-state index contributed by atoms with van der Waals surface area (Å²) >= 11 is 0. The third-order valence-electron chi connectivity index (χ3n) is 5.11. The van der Waals surface area contributed by atoms with Crippen molar-refractivity contribution in [1.29, 1.82) is 0 Å². The number of nitrogens with zero attached hydrogens (tertiary/aromatic N) is 3. The fourth-order valence-electron chi connectivity index (χ4n) is 3.34. The average molecular weight is 480 g/mol. The quantitative estimate of drug-likeness (QED) is 0.576. The van der Waals surface area contributed by atoms with Gasteiger partial charge in [-0.15, -0.1) is 0 Å². The number of nitrogens with one attached hydrogen (secondary N) is 2. The van der Waals surface area contributed by atoms with Crippen LogP contribution in [0.5, 0.6) is 0 Å². The second-order valence-corrected chi connectivity index (χ2v) is 9.19. The van der Waals surface area contributed by atoms with Crippen molar-refractivity contribution >= 4 is 33.6 Å². The molecule has 0 spiro atoms. The van der Waals surface area contributed by atoms with E-state index < -0.39 is 21.9 Å². The van der Waals surface area contributed by atoms with Gasteiger partial charge in [0.15, 0.2) is 5.76 Å². The molecule has 3 rings (SSSR count). The number of anilines is 1. The molecule has 1 aromatic carbocycles. The second-order valence-electron chi connectivity index (χ2n) is 7.31. The van der Waals surface area contributed by atoms with Gasteiger partial charge in [-0.2, -0.15) is 4.31 Å². The molecule has 33 heavy (non-hydrogen) atoms. The summed E-state index contributed by atoms with van der Waals surface area (Å²) in [5, 5.41) is 8.85. The van der Waals surface area contributed by atoms with E-state index in [1.54, 1.807) is 26.0 Å². The van der Waals surface area contributed by atoms with Crippen LogP contribution in [0, 0.1) is 13.8 Å². The van der Waals surface area contributed by atoms with Gasteiger partial charge >= 0.3 is 12.0 Å². The number of piperazine rings is 1. The molecule has 2 N–H and O–H groups in total. The van der Waals surface area contributed by atoms with Crippen LogP contribution in [0.3, 0.4) is 0 Å². The van der Waals surface area contributed by atoms with Crippen LogP contribution in [0.15, 0.2) is 33.7 Å². The molecule has 0 bridgehead atoms. The Labute approximate surface area is 190 Å². The maximum absolute atomic E-state index is 12.9. The normalized spacial score (nSPS) is 14.6. The molecule has 2 aromatic rings. The standard InChI is InChI=1S/C20H25N5O7S/c1-13-18(14(2)32-23-13)33(29,30)25-10-8-24(9-11-25)20(28)22-16-6-4-15(5-7-16)19(27)21-12-17(26)31-3/h4-7H,8-12H2,1-3H3,(H,21,27)(H,22,28). The number of hydrogen-bond acceptors (Lipinski definition) is 8. The van der Waals surface area contributed by atoms with Crippen molar-refractivity contribution in [2.24, 2.45) is 0 Å². The summed E-state index contributed by atoms with van der Waals surface area (Å²) in [6, 6.07) is 5.76. The molecule has 1 fully saturated rings. The Kier molecular flexibility index (Phi) is 7.33. The monoisotopic (exact) mass is 479 g/mol. The van der Waals surface area contributed by atoms with E-state index >= 15 is 0 Å². The average Bonchev–Trinajstić information content (AvgIpc) is 3.16. The van der Waals surface area contributed by atoms with Gasteiger partial charge in [-0.25, -0.2) is 13.2 Å². The first-order valence-electron chi connectivity index (χ1n) is 10.1. The minimum atomic E-state index is -3.76. The molecule has 12 nitrogen and oxygen atoms in total. The fraction of sp³-hybridized carbons (Fsp3) is 0.400. The Hall–Kier alpha value is -3.45. The van der Waals surface area contributed by atoms with E-state index in [1.165, 1.54) is 28.4 Å². The highest BCUT2D eigenvalue weighted by Crippen LogP contribution is 2.24. The molecule has 1 aliphatic heterocycles. The zero-order valence-corrected chi connectivity index (χ0v) is 19.3. The summed E-state index contributed by atoms with van der Waals surface area (Å²) in [6.07, 6.45) is 0.